The first-order valence-electron chi connectivity index (χ1n) is 6.94. The van der Waals surface area contributed by atoms with Crippen molar-refractivity contribution in [3.63, 3.8) is 0 Å². The van der Waals surface area contributed by atoms with Gasteiger partial charge in [-0.2, -0.15) is 13.2 Å². The van der Waals surface area contributed by atoms with Gasteiger partial charge in [-0.15, -0.1) is 10.2 Å². The summed E-state index contributed by atoms with van der Waals surface area (Å²) >= 11 is 0.951. The van der Waals surface area contributed by atoms with Crippen molar-refractivity contribution in [3.05, 3.63) is 41.2 Å². The Morgan fingerprint density at radius 1 is 1.25 bits per heavy atom. The van der Waals surface area contributed by atoms with Gasteiger partial charge in [0.2, 0.25) is 5.16 Å². The Morgan fingerprint density at radius 2 is 1.92 bits per heavy atom. The largest absolute Gasteiger partial charge is 0.453 e. The molecule has 0 aliphatic carbocycles. The fraction of sp³-hybridized carbons (Fsp3) is 0.357. The molecule has 1 amide bonds. The number of hydrogen-bond donors (Lipinski definition) is 2. The van der Waals surface area contributed by atoms with E-state index in [1.165, 1.54) is 0 Å². The lowest BCUT2D eigenvalue weighted by atomic mass is 10.1. The molecule has 0 saturated heterocycles. The van der Waals surface area contributed by atoms with Gasteiger partial charge < -0.3 is 5.32 Å². The predicted molar refractivity (Wildman–Crippen MR) is 84.1 cm³/mol. The first kappa shape index (κ1) is 18.3. The van der Waals surface area contributed by atoms with Crippen LogP contribution in [0.1, 0.15) is 17.0 Å². The van der Waals surface area contributed by atoms with Crippen LogP contribution in [0.3, 0.4) is 0 Å². The zero-order valence-corrected chi connectivity index (χ0v) is 13.8. The minimum Gasteiger partial charge on any atom is -0.304 e. The highest BCUT2D eigenvalue weighted by Gasteiger charge is 2.39. The fourth-order valence-electron chi connectivity index (χ4n) is 1.88. The van der Waals surface area contributed by atoms with Gasteiger partial charge in [-0.3, -0.25) is 10.2 Å². The van der Waals surface area contributed by atoms with Gasteiger partial charge >= 0.3 is 6.18 Å². The van der Waals surface area contributed by atoms with Crippen LogP contribution in [-0.4, -0.2) is 33.6 Å². The van der Waals surface area contributed by atoms with E-state index in [4.69, 9.17) is 0 Å². The second-order valence-electron chi connectivity index (χ2n) is 4.97. The number of alkyl halides is 3. The number of halogens is 3. The molecule has 1 heterocycles. The summed E-state index contributed by atoms with van der Waals surface area (Å²) in [7, 11) is 0. The van der Waals surface area contributed by atoms with Crippen LogP contribution in [0.2, 0.25) is 0 Å². The van der Waals surface area contributed by atoms with E-state index in [2.05, 4.69) is 20.9 Å². The summed E-state index contributed by atoms with van der Waals surface area (Å²) in [5, 5.41) is 9.32. The normalized spacial score (nSPS) is 11.5. The van der Waals surface area contributed by atoms with Gasteiger partial charge in [0, 0.05) is 6.54 Å². The van der Waals surface area contributed by atoms with Crippen molar-refractivity contribution in [2.45, 2.75) is 24.8 Å². The van der Waals surface area contributed by atoms with Crippen LogP contribution >= 0.6 is 11.8 Å². The molecule has 0 radical (unpaired) electrons. The van der Waals surface area contributed by atoms with Crippen molar-refractivity contribution in [3.8, 4) is 0 Å². The van der Waals surface area contributed by atoms with E-state index in [1.807, 2.05) is 31.2 Å². The molecule has 0 saturated carbocycles. The number of carbonyl (C=O) groups is 1. The van der Waals surface area contributed by atoms with E-state index in [0.29, 0.717) is 11.2 Å². The predicted octanol–water partition coefficient (Wildman–Crippen LogP) is 2.19. The molecule has 0 fully saturated rings. The van der Waals surface area contributed by atoms with Crippen molar-refractivity contribution < 1.29 is 18.0 Å². The van der Waals surface area contributed by atoms with E-state index in [1.54, 1.807) is 6.26 Å². The minimum atomic E-state index is -4.70. The molecular formula is C14H16F3N5OS. The third-order valence-electron chi connectivity index (χ3n) is 3.04. The Balaban J connectivity index is 1.95. The average molecular weight is 359 g/mol. The summed E-state index contributed by atoms with van der Waals surface area (Å²) in [6.07, 6.45) is -3.16. The third-order valence-corrected chi connectivity index (χ3v) is 3.67. The van der Waals surface area contributed by atoms with Crippen LogP contribution < -0.4 is 10.7 Å². The maximum atomic E-state index is 12.9. The van der Waals surface area contributed by atoms with Gasteiger partial charge in [0.25, 0.3) is 11.7 Å². The number of carbonyl (C=O) groups excluding carboxylic acids is 1. The summed E-state index contributed by atoms with van der Waals surface area (Å²) in [6, 6.07) is 7.70. The van der Waals surface area contributed by atoms with Gasteiger partial charge in [-0.25, -0.2) is 4.68 Å². The van der Waals surface area contributed by atoms with Gasteiger partial charge in [-0.05, 0) is 18.7 Å². The molecule has 6 nitrogen and oxygen atoms in total. The minimum absolute atomic E-state index is 0.0470. The molecule has 0 unspecified atom stereocenters. The Kier molecular flexibility index (Phi) is 5.84. The molecule has 1 aromatic heterocycles. The molecule has 2 rings (SSSR count). The highest BCUT2D eigenvalue weighted by molar-refractivity contribution is 7.98. The molecule has 24 heavy (non-hydrogen) atoms. The topological polar surface area (TPSA) is 71.8 Å². The molecule has 0 atom stereocenters. The first-order valence-corrected chi connectivity index (χ1v) is 8.16. The lowest BCUT2D eigenvalue weighted by Crippen LogP contribution is -2.35. The second kappa shape index (κ2) is 7.67. The number of aromatic nitrogens is 3. The Morgan fingerprint density at radius 3 is 2.50 bits per heavy atom. The third kappa shape index (κ3) is 4.71. The van der Waals surface area contributed by atoms with Crippen LogP contribution in [-0.2, 0) is 17.5 Å². The highest BCUT2D eigenvalue weighted by Crippen LogP contribution is 2.29. The van der Waals surface area contributed by atoms with Crippen molar-refractivity contribution in [1.29, 1.82) is 0 Å². The monoisotopic (exact) mass is 359 g/mol. The number of nitrogens with one attached hydrogen (secondary N) is 2. The SMILES string of the molecule is CSc1nnc(C(F)(F)F)n1NC(=O)CNCc1ccc(C)cc1. The number of benzene rings is 1. The van der Waals surface area contributed by atoms with Gasteiger partial charge in [-0.1, -0.05) is 41.6 Å². The van der Waals surface area contributed by atoms with Crippen molar-refractivity contribution in [1.82, 2.24) is 20.2 Å². The molecule has 0 spiro atoms. The van der Waals surface area contributed by atoms with E-state index < -0.39 is 17.9 Å². The van der Waals surface area contributed by atoms with Crippen molar-refractivity contribution in [2.75, 3.05) is 18.2 Å². The molecule has 0 aliphatic rings. The number of aryl methyl sites for hydroxylation is 1. The van der Waals surface area contributed by atoms with E-state index in [-0.39, 0.29) is 11.7 Å². The van der Waals surface area contributed by atoms with Gasteiger partial charge in [0.05, 0.1) is 6.54 Å². The molecule has 10 heteroatoms. The Hall–Kier alpha value is -2.07. The van der Waals surface area contributed by atoms with Crippen LogP contribution in [0.5, 0.6) is 0 Å². The Bertz CT molecular complexity index is 699. The summed E-state index contributed by atoms with van der Waals surface area (Å²) in [6.45, 7) is 2.25. The van der Waals surface area contributed by atoms with Crippen LogP contribution in [0, 0.1) is 6.92 Å². The van der Waals surface area contributed by atoms with Crippen LogP contribution in [0.15, 0.2) is 29.4 Å². The number of amides is 1. The van der Waals surface area contributed by atoms with E-state index in [9.17, 15) is 18.0 Å². The molecule has 0 bridgehead atoms. The van der Waals surface area contributed by atoms with Crippen molar-refractivity contribution >= 4 is 17.7 Å². The maximum absolute atomic E-state index is 12.9. The number of hydrogen-bond acceptors (Lipinski definition) is 5. The number of thioether (sulfide) groups is 1. The lowest BCUT2D eigenvalue weighted by molar-refractivity contribution is -0.147. The van der Waals surface area contributed by atoms with E-state index >= 15 is 0 Å². The van der Waals surface area contributed by atoms with Crippen molar-refractivity contribution in [2.24, 2.45) is 0 Å². The zero-order chi connectivity index (χ0) is 17.7. The summed E-state index contributed by atoms with van der Waals surface area (Å²) < 4.78 is 39.1. The van der Waals surface area contributed by atoms with Crippen LogP contribution in [0.4, 0.5) is 13.2 Å². The smallest absolute Gasteiger partial charge is 0.304 e. The first-order chi connectivity index (χ1) is 11.3. The Labute approximate surface area is 140 Å². The number of nitrogens with zero attached hydrogens (tertiary/aromatic N) is 3. The summed E-state index contributed by atoms with van der Waals surface area (Å²) in [5.41, 5.74) is 4.25. The molecule has 0 aliphatic heterocycles. The summed E-state index contributed by atoms with van der Waals surface area (Å²) in [4.78, 5) is 11.9. The zero-order valence-electron chi connectivity index (χ0n) is 13.0. The molecule has 2 aromatic rings. The van der Waals surface area contributed by atoms with E-state index in [0.717, 1.165) is 22.9 Å². The second-order valence-corrected chi connectivity index (χ2v) is 5.74. The number of rotatable bonds is 6. The molecule has 1 aromatic carbocycles. The maximum Gasteiger partial charge on any atom is 0.453 e. The fourth-order valence-corrected chi connectivity index (χ4v) is 2.31. The molecule has 2 N–H and O–H groups in total. The van der Waals surface area contributed by atoms with Gasteiger partial charge in [0.1, 0.15) is 0 Å². The molecular weight excluding hydrogens is 343 g/mol. The summed E-state index contributed by atoms with van der Waals surface area (Å²) in [5.74, 6) is -1.89. The lowest BCUT2D eigenvalue weighted by Gasteiger charge is -2.12. The highest BCUT2D eigenvalue weighted by atomic mass is 32.2. The molecule has 130 valence electrons. The average Bonchev–Trinajstić information content (AvgIpc) is 2.92. The quantitative estimate of drug-likeness (QED) is 0.774. The van der Waals surface area contributed by atoms with Gasteiger partial charge in [0.15, 0.2) is 0 Å². The standard InChI is InChI=1S/C14H16F3N5OS/c1-9-3-5-10(6-4-9)7-18-8-11(23)21-22-12(14(15,16)17)19-20-13(22)24-2/h3-6,18H,7-8H2,1-2H3,(H,21,23). The van der Waals surface area contributed by atoms with Crippen LogP contribution in [0.25, 0.3) is 0 Å².